The van der Waals surface area contributed by atoms with Gasteiger partial charge in [-0.15, -0.1) is 0 Å². The quantitative estimate of drug-likeness (QED) is 0.438. The maximum atomic E-state index is 12.3. The molecule has 2 heterocycles. The van der Waals surface area contributed by atoms with Gasteiger partial charge in [-0.05, 0) is 50.3 Å². The second kappa shape index (κ2) is 7.33. The highest BCUT2D eigenvalue weighted by molar-refractivity contribution is 5.84. The Bertz CT molecular complexity index is 1100. The van der Waals surface area contributed by atoms with Crippen molar-refractivity contribution >= 4 is 16.7 Å². The van der Waals surface area contributed by atoms with Crippen molar-refractivity contribution in [3.63, 3.8) is 0 Å². The molecule has 28 heavy (non-hydrogen) atoms. The van der Waals surface area contributed by atoms with Crippen LogP contribution in [0.15, 0.2) is 21.7 Å². The number of hydrogen-bond acceptors (Lipinski definition) is 7. The molecule has 1 aliphatic carbocycles. The normalized spacial score (nSPS) is 15.2. The molecule has 4 rings (SSSR count). The number of fused-ring (bicyclic) bond motifs is 2. The largest absolute Gasteiger partial charge is 0.396 e. The molecule has 0 unspecified atom stereocenters. The molecule has 9 heteroatoms. The number of aliphatic hydroxyl groups is 2. The Morgan fingerprint density at radius 2 is 2.07 bits per heavy atom. The SMILES string of the molecule is Cc1cc2nc3c(=O)[nH]c(=O)nc-3n(CC[C@H](O)CCO)c2cc1NC1CC1. The van der Waals surface area contributed by atoms with Crippen LogP contribution in [0.25, 0.3) is 22.6 Å². The molecular weight excluding hydrogens is 362 g/mol. The number of aromatic nitrogens is 4. The summed E-state index contributed by atoms with van der Waals surface area (Å²) in [6.45, 7) is 2.20. The predicted molar refractivity (Wildman–Crippen MR) is 105 cm³/mol. The van der Waals surface area contributed by atoms with Crippen molar-refractivity contribution in [1.29, 1.82) is 0 Å². The fourth-order valence-electron chi connectivity index (χ4n) is 3.35. The van der Waals surface area contributed by atoms with E-state index in [0.717, 1.165) is 29.6 Å². The summed E-state index contributed by atoms with van der Waals surface area (Å²) in [7, 11) is 0. The summed E-state index contributed by atoms with van der Waals surface area (Å²) in [6.07, 6.45) is 2.19. The van der Waals surface area contributed by atoms with Crippen LogP contribution in [0.4, 0.5) is 5.69 Å². The van der Waals surface area contributed by atoms with Crippen LogP contribution in [-0.2, 0) is 6.54 Å². The predicted octanol–water partition coefficient (Wildman–Crippen LogP) is 0.601. The lowest BCUT2D eigenvalue weighted by molar-refractivity contribution is 0.121. The summed E-state index contributed by atoms with van der Waals surface area (Å²) in [4.78, 5) is 34.7. The van der Waals surface area contributed by atoms with Crippen molar-refractivity contribution in [2.45, 2.75) is 51.3 Å². The summed E-state index contributed by atoms with van der Waals surface area (Å²) in [5.41, 5.74) is 2.12. The molecule has 0 spiro atoms. The molecule has 0 radical (unpaired) electrons. The van der Waals surface area contributed by atoms with E-state index in [1.165, 1.54) is 0 Å². The first-order valence-electron chi connectivity index (χ1n) is 9.47. The number of anilines is 1. The van der Waals surface area contributed by atoms with Gasteiger partial charge in [-0.2, -0.15) is 4.98 Å². The molecule has 2 aliphatic heterocycles. The maximum absolute atomic E-state index is 12.3. The fraction of sp³-hybridized carbons (Fsp3) is 0.474. The number of hydrogen-bond donors (Lipinski definition) is 4. The van der Waals surface area contributed by atoms with Crippen molar-refractivity contribution in [3.05, 3.63) is 38.5 Å². The van der Waals surface area contributed by atoms with Gasteiger partial charge in [0.1, 0.15) is 0 Å². The molecule has 1 aromatic carbocycles. The smallest absolute Gasteiger partial charge is 0.349 e. The van der Waals surface area contributed by atoms with Gasteiger partial charge in [0.2, 0.25) is 0 Å². The van der Waals surface area contributed by atoms with Crippen molar-refractivity contribution < 1.29 is 10.2 Å². The fourth-order valence-corrected chi connectivity index (χ4v) is 3.35. The molecule has 148 valence electrons. The lowest BCUT2D eigenvalue weighted by Crippen LogP contribution is -2.29. The zero-order valence-electron chi connectivity index (χ0n) is 15.6. The molecule has 1 aromatic rings. The van der Waals surface area contributed by atoms with E-state index in [9.17, 15) is 14.7 Å². The molecule has 1 fully saturated rings. The molecule has 0 bridgehead atoms. The van der Waals surface area contributed by atoms with Crippen LogP contribution < -0.4 is 16.6 Å². The third kappa shape index (κ3) is 3.63. The van der Waals surface area contributed by atoms with Gasteiger partial charge in [0.15, 0.2) is 11.5 Å². The zero-order chi connectivity index (χ0) is 19.8. The Hall–Kier alpha value is -2.78. The number of H-pyrrole nitrogens is 1. The Balaban J connectivity index is 1.90. The van der Waals surface area contributed by atoms with E-state index in [4.69, 9.17) is 5.11 Å². The minimum Gasteiger partial charge on any atom is -0.396 e. The summed E-state index contributed by atoms with van der Waals surface area (Å²) in [6, 6.07) is 4.34. The monoisotopic (exact) mass is 385 g/mol. The molecule has 4 N–H and O–H groups in total. The number of aryl methyl sites for hydroxylation is 2. The highest BCUT2D eigenvalue weighted by Gasteiger charge is 2.23. The van der Waals surface area contributed by atoms with Crippen molar-refractivity contribution in [3.8, 4) is 11.5 Å². The third-order valence-corrected chi connectivity index (χ3v) is 5.04. The molecule has 0 aromatic heterocycles. The van der Waals surface area contributed by atoms with Gasteiger partial charge in [0.25, 0.3) is 5.56 Å². The van der Waals surface area contributed by atoms with Crippen LogP contribution in [0.1, 0.15) is 31.2 Å². The Morgan fingerprint density at radius 1 is 1.29 bits per heavy atom. The maximum Gasteiger partial charge on any atom is 0.349 e. The average molecular weight is 385 g/mol. The second-order valence-corrected chi connectivity index (χ2v) is 7.34. The van der Waals surface area contributed by atoms with Crippen molar-refractivity contribution in [2.75, 3.05) is 11.9 Å². The first-order chi connectivity index (χ1) is 13.5. The average Bonchev–Trinajstić information content (AvgIpc) is 3.45. The van der Waals surface area contributed by atoms with Crippen LogP contribution in [0.5, 0.6) is 0 Å². The van der Waals surface area contributed by atoms with Gasteiger partial charge in [-0.1, -0.05) is 0 Å². The van der Waals surface area contributed by atoms with Gasteiger partial charge < -0.3 is 20.1 Å². The van der Waals surface area contributed by atoms with Crippen LogP contribution in [0.2, 0.25) is 0 Å². The number of nitrogens with zero attached hydrogens (tertiary/aromatic N) is 3. The van der Waals surface area contributed by atoms with Gasteiger partial charge in [0, 0.05) is 24.9 Å². The summed E-state index contributed by atoms with van der Waals surface area (Å²) >= 11 is 0. The van der Waals surface area contributed by atoms with Gasteiger partial charge in [-0.25, -0.2) is 9.78 Å². The first-order valence-corrected chi connectivity index (χ1v) is 9.47. The minimum atomic E-state index is -0.730. The highest BCUT2D eigenvalue weighted by Crippen LogP contribution is 2.31. The van der Waals surface area contributed by atoms with Crippen LogP contribution in [0.3, 0.4) is 0 Å². The van der Waals surface area contributed by atoms with E-state index in [0.29, 0.717) is 24.5 Å². The van der Waals surface area contributed by atoms with E-state index in [1.54, 1.807) is 4.57 Å². The van der Waals surface area contributed by atoms with Crippen molar-refractivity contribution in [2.24, 2.45) is 0 Å². The lowest BCUT2D eigenvalue weighted by atomic mass is 10.1. The number of benzene rings is 1. The minimum absolute atomic E-state index is 0.0889. The van der Waals surface area contributed by atoms with Crippen LogP contribution >= 0.6 is 0 Å². The van der Waals surface area contributed by atoms with E-state index >= 15 is 0 Å². The Morgan fingerprint density at radius 3 is 2.79 bits per heavy atom. The van der Waals surface area contributed by atoms with E-state index in [1.807, 2.05) is 19.1 Å². The summed E-state index contributed by atoms with van der Waals surface area (Å²) in [5.74, 6) is 0.193. The van der Waals surface area contributed by atoms with Crippen LogP contribution in [0, 0.1) is 6.92 Å². The Kier molecular flexibility index (Phi) is 4.86. The molecular formula is C19H23N5O4. The number of rotatable bonds is 7. The molecule has 9 nitrogen and oxygen atoms in total. The lowest BCUT2D eigenvalue weighted by Gasteiger charge is -2.20. The number of aromatic amines is 1. The topological polar surface area (TPSA) is 133 Å². The van der Waals surface area contributed by atoms with Gasteiger partial charge in [0.05, 0.1) is 17.1 Å². The number of nitrogens with one attached hydrogen (secondary N) is 2. The molecule has 1 atom stereocenters. The number of aliphatic hydroxyl groups excluding tert-OH is 2. The van der Waals surface area contributed by atoms with E-state index in [-0.39, 0.29) is 24.5 Å². The van der Waals surface area contributed by atoms with Crippen LogP contribution in [-0.4, -0.2) is 48.5 Å². The second-order valence-electron chi connectivity index (χ2n) is 7.34. The van der Waals surface area contributed by atoms with E-state index in [2.05, 4.69) is 20.3 Å². The molecule has 3 aliphatic rings. The van der Waals surface area contributed by atoms with Gasteiger partial charge in [-0.3, -0.25) is 9.78 Å². The molecule has 0 amide bonds. The van der Waals surface area contributed by atoms with Gasteiger partial charge >= 0.3 is 5.69 Å². The standard InChI is InChI=1S/C19H23N5O4/c1-10-8-14-15(9-13(10)20-11-2-3-11)24(6-4-12(26)5-7-25)17-16(21-14)18(27)23-19(28)22-17/h8-9,11-12,20,25-26H,2-7H2,1H3,(H,23,27,28)/t12-/m0/s1. The first kappa shape index (κ1) is 18.6. The Labute approximate surface area is 160 Å². The molecule has 1 saturated carbocycles. The van der Waals surface area contributed by atoms with E-state index < -0.39 is 17.4 Å². The molecule has 0 saturated heterocycles. The summed E-state index contributed by atoms with van der Waals surface area (Å²) < 4.78 is 1.76. The summed E-state index contributed by atoms with van der Waals surface area (Å²) in [5, 5.41) is 22.5. The zero-order valence-corrected chi connectivity index (χ0v) is 15.6. The third-order valence-electron chi connectivity index (χ3n) is 5.04. The highest BCUT2D eigenvalue weighted by atomic mass is 16.3. The van der Waals surface area contributed by atoms with Crippen molar-refractivity contribution in [1.82, 2.24) is 19.5 Å².